The van der Waals surface area contributed by atoms with Gasteiger partial charge in [0.1, 0.15) is 12.1 Å². The predicted molar refractivity (Wildman–Crippen MR) is 73.7 cm³/mol. The Kier molecular flexibility index (Phi) is 3.06. The fourth-order valence-electron chi connectivity index (χ4n) is 3.38. The van der Waals surface area contributed by atoms with E-state index in [0.29, 0.717) is 12.1 Å². The van der Waals surface area contributed by atoms with Gasteiger partial charge in [-0.1, -0.05) is 18.6 Å². The molecular weight excluding hydrogens is 222 g/mol. The van der Waals surface area contributed by atoms with E-state index in [1.807, 2.05) is 0 Å². The summed E-state index contributed by atoms with van der Waals surface area (Å²) in [6, 6.07) is 3.50. The van der Waals surface area contributed by atoms with Gasteiger partial charge in [0, 0.05) is 23.8 Å². The fourth-order valence-corrected chi connectivity index (χ4v) is 3.38. The van der Waals surface area contributed by atoms with Crippen LogP contribution >= 0.6 is 0 Å². The number of hydrogen-bond acceptors (Lipinski definition) is 3. The van der Waals surface area contributed by atoms with Gasteiger partial charge in [0.2, 0.25) is 0 Å². The van der Waals surface area contributed by atoms with Crippen molar-refractivity contribution in [2.24, 2.45) is 0 Å². The minimum absolute atomic E-state index is 0.662. The van der Waals surface area contributed by atoms with Crippen molar-refractivity contribution >= 4 is 5.82 Å². The quantitative estimate of drug-likeness (QED) is 0.747. The zero-order chi connectivity index (χ0) is 12.5. The second-order valence-corrected chi connectivity index (χ2v) is 5.37. The van der Waals surface area contributed by atoms with E-state index < -0.39 is 0 Å². The van der Waals surface area contributed by atoms with E-state index >= 15 is 0 Å². The van der Waals surface area contributed by atoms with Gasteiger partial charge < -0.3 is 4.90 Å². The van der Waals surface area contributed by atoms with Crippen molar-refractivity contribution in [1.82, 2.24) is 9.97 Å². The minimum atomic E-state index is 0.662. The molecule has 0 aliphatic carbocycles. The first kappa shape index (κ1) is 11.7. The van der Waals surface area contributed by atoms with Gasteiger partial charge in [-0.2, -0.15) is 0 Å². The molecule has 2 saturated heterocycles. The second-order valence-electron chi connectivity index (χ2n) is 5.37. The molecule has 0 radical (unpaired) electrons. The van der Waals surface area contributed by atoms with Crippen molar-refractivity contribution in [3.8, 4) is 0 Å². The van der Waals surface area contributed by atoms with Gasteiger partial charge >= 0.3 is 0 Å². The molecule has 3 heteroatoms. The standard InChI is InChI=1S/C15H21N3/c1-3-11-7-13-5-6-14(8-11)18(13)15-9-12(4-2)16-10-17-15/h3,9-10,13-14H,4-8H2,1-2H3. The number of piperidine rings is 1. The number of allylic oxidation sites excluding steroid dienone is 1. The van der Waals surface area contributed by atoms with E-state index in [1.165, 1.54) is 25.7 Å². The third-order valence-corrected chi connectivity index (χ3v) is 4.36. The average molecular weight is 243 g/mol. The molecule has 3 heterocycles. The van der Waals surface area contributed by atoms with Crippen molar-refractivity contribution in [2.45, 2.75) is 58.0 Å². The molecule has 2 atom stereocenters. The van der Waals surface area contributed by atoms with Crippen LogP contribution in [0.25, 0.3) is 0 Å². The summed E-state index contributed by atoms with van der Waals surface area (Å²) in [6.07, 6.45) is 10.1. The molecule has 0 amide bonds. The molecule has 1 aromatic heterocycles. The maximum atomic E-state index is 4.50. The van der Waals surface area contributed by atoms with Crippen LogP contribution in [0.5, 0.6) is 0 Å². The molecule has 18 heavy (non-hydrogen) atoms. The lowest BCUT2D eigenvalue weighted by Crippen LogP contribution is -2.41. The Hall–Kier alpha value is -1.38. The molecule has 0 saturated carbocycles. The molecule has 2 unspecified atom stereocenters. The first-order valence-electron chi connectivity index (χ1n) is 7.05. The number of hydrogen-bond donors (Lipinski definition) is 0. The zero-order valence-corrected chi connectivity index (χ0v) is 11.3. The molecule has 2 aliphatic heterocycles. The van der Waals surface area contributed by atoms with Gasteiger partial charge in [-0.3, -0.25) is 0 Å². The number of fused-ring (bicyclic) bond motifs is 2. The molecular formula is C15H21N3. The van der Waals surface area contributed by atoms with Gasteiger partial charge in [0.25, 0.3) is 0 Å². The fraction of sp³-hybridized carbons (Fsp3) is 0.600. The van der Waals surface area contributed by atoms with Crippen LogP contribution < -0.4 is 4.90 Å². The SMILES string of the molecule is CC=C1CC2CCC(C1)N2c1cc(CC)ncn1. The van der Waals surface area contributed by atoms with Crippen molar-refractivity contribution < 1.29 is 0 Å². The monoisotopic (exact) mass is 243 g/mol. The van der Waals surface area contributed by atoms with Gasteiger partial charge in [0.05, 0.1) is 0 Å². The van der Waals surface area contributed by atoms with Crippen LogP contribution in [0, 0.1) is 0 Å². The Bertz CT molecular complexity index is 451. The summed E-state index contributed by atoms with van der Waals surface area (Å²) in [6.45, 7) is 4.32. The average Bonchev–Trinajstić information content (AvgIpc) is 2.69. The van der Waals surface area contributed by atoms with Crippen LogP contribution in [0.2, 0.25) is 0 Å². The van der Waals surface area contributed by atoms with Crippen molar-refractivity contribution in [3.63, 3.8) is 0 Å². The summed E-state index contributed by atoms with van der Waals surface area (Å²) < 4.78 is 0. The normalized spacial score (nSPS) is 26.6. The predicted octanol–water partition coefficient (Wildman–Crippen LogP) is 3.12. The summed E-state index contributed by atoms with van der Waals surface area (Å²) in [5.74, 6) is 1.14. The Labute approximate surface area is 109 Å². The summed E-state index contributed by atoms with van der Waals surface area (Å²) in [5.41, 5.74) is 2.78. The number of aryl methyl sites for hydroxylation is 1. The van der Waals surface area contributed by atoms with Gasteiger partial charge in [-0.25, -0.2) is 9.97 Å². The molecule has 96 valence electrons. The first-order valence-corrected chi connectivity index (χ1v) is 7.05. The third-order valence-electron chi connectivity index (χ3n) is 4.36. The van der Waals surface area contributed by atoms with Crippen LogP contribution in [0.4, 0.5) is 5.82 Å². The number of anilines is 1. The maximum absolute atomic E-state index is 4.50. The smallest absolute Gasteiger partial charge is 0.132 e. The Balaban J connectivity index is 1.89. The number of aromatic nitrogens is 2. The van der Waals surface area contributed by atoms with E-state index in [-0.39, 0.29) is 0 Å². The topological polar surface area (TPSA) is 29.0 Å². The molecule has 2 bridgehead atoms. The zero-order valence-electron chi connectivity index (χ0n) is 11.3. The minimum Gasteiger partial charge on any atom is -0.350 e. The largest absolute Gasteiger partial charge is 0.350 e. The van der Waals surface area contributed by atoms with Crippen LogP contribution in [0.15, 0.2) is 24.0 Å². The van der Waals surface area contributed by atoms with Crippen LogP contribution in [0.3, 0.4) is 0 Å². The van der Waals surface area contributed by atoms with E-state index in [9.17, 15) is 0 Å². The summed E-state index contributed by atoms with van der Waals surface area (Å²) in [5, 5.41) is 0. The highest BCUT2D eigenvalue weighted by molar-refractivity contribution is 5.46. The lowest BCUT2D eigenvalue weighted by Gasteiger charge is -2.37. The van der Waals surface area contributed by atoms with E-state index in [4.69, 9.17) is 0 Å². The van der Waals surface area contributed by atoms with Gasteiger partial charge in [0.15, 0.2) is 0 Å². The molecule has 2 fully saturated rings. The Morgan fingerprint density at radius 1 is 1.28 bits per heavy atom. The van der Waals surface area contributed by atoms with Gasteiger partial charge in [-0.15, -0.1) is 0 Å². The molecule has 0 aromatic carbocycles. The molecule has 3 rings (SSSR count). The highest BCUT2D eigenvalue weighted by Gasteiger charge is 2.38. The molecule has 0 N–H and O–H groups in total. The van der Waals surface area contributed by atoms with Crippen molar-refractivity contribution in [3.05, 3.63) is 29.7 Å². The van der Waals surface area contributed by atoms with E-state index in [0.717, 1.165) is 17.9 Å². The second kappa shape index (κ2) is 4.71. The Morgan fingerprint density at radius 3 is 2.61 bits per heavy atom. The highest BCUT2D eigenvalue weighted by atomic mass is 15.3. The summed E-state index contributed by atoms with van der Waals surface area (Å²) >= 11 is 0. The summed E-state index contributed by atoms with van der Waals surface area (Å²) in [7, 11) is 0. The van der Waals surface area contributed by atoms with Crippen molar-refractivity contribution in [2.75, 3.05) is 4.90 Å². The Morgan fingerprint density at radius 2 is 2.00 bits per heavy atom. The molecule has 3 nitrogen and oxygen atoms in total. The number of nitrogens with zero attached hydrogens (tertiary/aromatic N) is 3. The first-order chi connectivity index (χ1) is 8.81. The molecule has 0 spiro atoms. The van der Waals surface area contributed by atoms with Crippen LogP contribution in [-0.2, 0) is 6.42 Å². The van der Waals surface area contributed by atoms with E-state index in [1.54, 1.807) is 11.9 Å². The molecule has 2 aliphatic rings. The number of rotatable bonds is 2. The highest BCUT2D eigenvalue weighted by Crippen LogP contribution is 2.40. The van der Waals surface area contributed by atoms with Gasteiger partial charge in [-0.05, 0) is 39.0 Å². The van der Waals surface area contributed by atoms with Crippen LogP contribution in [0.1, 0.15) is 45.2 Å². The molecule has 1 aromatic rings. The lowest BCUT2D eigenvalue weighted by atomic mass is 9.96. The third kappa shape index (κ3) is 1.92. The van der Waals surface area contributed by atoms with E-state index in [2.05, 4.69) is 40.9 Å². The van der Waals surface area contributed by atoms with Crippen LogP contribution in [-0.4, -0.2) is 22.1 Å². The maximum Gasteiger partial charge on any atom is 0.132 e. The summed E-state index contributed by atoms with van der Waals surface area (Å²) in [4.78, 5) is 11.4. The van der Waals surface area contributed by atoms with Crippen molar-refractivity contribution in [1.29, 1.82) is 0 Å². The lowest BCUT2D eigenvalue weighted by molar-refractivity contribution is 0.543.